The van der Waals surface area contributed by atoms with E-state index in [4.69, 9.17) is 0 Å². The predicted molar refractivity (Wildman–Crippen MR) is 66.7 cm³/mol. The van der Waals surface area contributed by atoms with E-state index in [0.717, 1.165) is 0 Å². The Morgan fingerprint density at radius 1 is 1.47 bits per heavy atom. The second-order valence-electron chi connectivity index (χ2n) is 4.05. The predicted octanol–water partition coefficient (Wildman–Crippen LogP) is -0.248. The molecule has 0 radical (unpaired) electrons. The number of carboxylic acid groups (broad SMARTS) is 1. The second-order valence-corrected chi connectivity index (χ2v) is 4.05. The molecule has 8 nitrogen and oxygen atoms in total. The average Bonchev–Trinajstić information content (AvgIpc) is 2.77. The van der Waals surface area contributed by atoms with E-state index >= 15 is 0 Å². The Labute approximate surface area is 108 Å². The zero-order valence-electron chi connectivity index (χ0n) is 10.4. The first-order chi connectivity index (χ1) is 8.99. The Bertz CT molecular complexity index is 660. The van der Waals surface area contributed by atoms with Crippen LogP contribution in [0.15, 0.2) is 29.6 Å². The van der Waals surface area contributed by atoms with Gasteiger partial charge in [-0.2, -0.15) is 5.10 Å². The molecule has 8 heteroatoms. The van der Waals surface area contributed by atoms with Crippen molar-refractivity contribution in [2.75, 3.05) is 5.32 Å². The lowest BCUT2D eigenvalue weighted by Gasteiger charge is -2.13. The third kappa shape index (κ3) is 2.62. The molecule has 19 heavy (non-hydrogen) atoms. The summed E-state index contributed by atoms with van der Waals surface area (Å²) in [5, 5.41) is 15.8. The number of aryl methyl sites for hydroxylation is 2. The standard InChI is InChI=1S/C11H13N5O3/c1-15-4-3-12-9(10(15)17)14-8(11(18)19)7-5-13-16(2)6-7/h3-6,8H,1-2H3,(H,12,14)(H,18,19). The van der Waals surface area contributed by atoms with Gasteiger partial charge in [-0.15, -0.1) is 0 Å². The molecule has 0 fully saturated rings. The van der Waals surface area contributed by atoms with Crippen LogP contribution in [-0.2, 0) is 18.9 Å². The van der Waals surface area contributed by atoms with Gasteiger partial charge in [0.15, 0.2) is 11.9 Å². The summed E-state index contributed by atoms with van der Waals surface area (Å²) in [7, 11) is 3.25. The van der Waals surface area contributed by atoms with E-state index in [1.807, 2.05) is 0 Å². The summed E-state index contributed by atoms with van der Waals surface area (Å²) in [4.78, 5) is 26.9. The molecule has 2 aromatic heterocycles. The molecule has 0 saturated carbocycles. The van der Waals surface area contributed by atoms with Crippen molar-refractivity contribution in [3.63, 3.8) is 0 Å². The van der Waals surface area contributed by atoms with E-state index in [2.05, 4.69) is 15.4 Å². The quantitative estimate of drug-likeness (QED) is 0.788. The highest BCUT2D eigenvalue weighted by atomic mass is 16.4. The summed E-state index contributed by atoms with van der Waals surface area (Å²) in [6.45, 7) is 0. The highest BCUT2D eigenvalue weighted by Gasteiger charge is 2.22. The second kappa shape index (κ2) is 4.92. The molecule has 100 valence electrons. The van der Waals surface area contributed by atoms with Crippen LogP contribution in [0.2, 0.25) is 0 Å². The van der Waals surface area contributed by atoms with E-state index in [1.54, 1.807) is 20.3 Å². The van der Waals surface area contributed by atoms with Crippen LogP contribution in [-0.4, -0.2) is 30.4 Å². The fourth-order valence-corrected chi connectivity index (χ4v) is 1.61. The number of nitrogens with one attached hydrogen (secondary N) is 1. The molecule has 2 heterocycles. The lowest BCUT2D eigenvalue weighted by Crippen LogP contribution is -2.27. The molecule has 2 aromatic rings. The van der Waals surface area contributed by atoms with E-state index in [1.165, 1.54) is 27.8 Å². The summed E-state index contributed by atoms with van der Waals surface area (Å²) in [5.41, 5.74) is 0.0559. The first kappa shape index (κ1) is 12.8. The Balaban J connectivity index is 2.35. The van der Waals surface area contributed by atoms with Crippen molar-refractivity contribution in [1.29, 1.82) is 0 Å². The van der Waals surface area contributed by atoms with Crippen molar-refractivity contribution in [1.82, 2.24) is 19.3 Å². The van der Waals surface area contributed by atoms with Gasteiger partial charge in [-0.1, -0.05) is 0 Å². The Hall–Kier alpha value is -2.64. The van der Waals surface area contributed by atoms with Crippen molar-refractivity contribution in [3.8, 4) is 0 Å². The number of carbonyl (C=O) groups is 1. The summed E-state index contributed by atoms with van der Waals surface area (Å²) < 4.78 is 2.81. The van der Waals surface area contributed by atoms with Gasteiger partial charge in [-0.05, 0) is 0 Å². The summed E-state index contributed by atoms with van der Waals surface area (Å²) in [6, 6.07) is -1.07. The third-order valence-corrected chi connectivity index (χ3v) is 2.60. The van der Waals surface area contributed by atoms with E-state index in [-0.39, 0.29) is 5.82 Å². The molecular weight excluding hydrogens is 250 g/mol. The van der Waals surface area contributed by atoms with Crippen LogP contribution in [0.5, 0.6) is 0 Å². The SMILES string of the molecule is Cn1cc(C(Nc2nccn(C)c2=O)C(=O)O)cn1. The molecule has 0 aromatic carbocycles. The van der Waals surface area contributed by atoms with E-state index in [9.17, 15) is 14.7 Å². The maximum atomic E-state index is 11.8. The smallest absolute Gasteiger partial charge is 0.330 e. The molecule has 0 saturated heterocycles. The fourth-order valence-electron chi connectivity index (χ4n) is 1.61. The van der Waals surface area contributed by atoms with Gasteiger partial charge >= 0.3 is 5.97 Å². The Kier molecular flexibility index (Phi) is 3.32. The van der Waals surface area contributed by atoms with Crippen LogP contribution in [0.1, 0.15) is 11.6 Å². The minimum Gasteiger partial charge on any atom is -0.479 e. The van der Waals surface area contributed by atoms with Gasteiger partial charge in [0.1, 0.15) is 0 Å². The van der Waals surface area contributed by atoms with Gasteiger partial charge in [0, 0.05) is 38.2 Å². The van der Waals surface area contributed by atoms with Crippen LogP contribution < -0.4 is 10.9 Å². The lowest BCUT2D eigenvalue weighted by molar-refractivity contribution is -0.138. The zero-order chi connectivity index (χ0) is 14.0. The van der Waals surface area contributed by atoms with Crippen molar-refractivity contribution < 1.29 is 9.90 Å². The Morgan fingerprint density at radius 2 is 2.21 bits per heavy atom. The maximum absolute atomic E-state index is 11.8. The van der Waals surface area contributed by atoms with Gasteiger partial charge in [0.05, 0.1) is 6.20 Å². The minimum absolute atomic E-state index is 0.0127. The van der Waals surface area contributed by atoms with Crippen LogP contribution in [0, 0.1) is 0 Å². The van der Waals surface area contributed by atoms with Gasteiger partial charge in [0.25, 0.3) is 5.56 Å². The summed E-state index contributed by atoms with van der Waals surface area (Å²) in [5.74, 6) is -1.12. The highest BCUT2D eigenvalue weighted by Crippen LogP contribution is 2.15. The molecule has 2 rings (SSSR count). The minimum atomic E-state index is -1.11. The number of hydrogen-bond donors (Lipinski definition) is 2. The van der Waals surface area contributed by atoms with Gasteiger partial charge in [-0.3, -0.25) is 9.48 Å². The Morgan fingerprint density at radius 3 is 2.79 bits per heavy atom. The van der Waals surface area contributed by atoms with Crippen molar-refractivity contribution in [2.24, 2.45) is 14.1 Å². The van der Waals surface area contributed by atoms with Gasteiger partial charge in [-0.25, -0.2) is 9.78 Å². The molecule has 0 aliphatic carbocycles. The molecule has 0 aliphatic heterocycles. The third-order valence-electron chi connectivity index (χ3n) is 2.60. The highest BCUT2D eigenvalue weighted by molar-refractivity contribution is 5.78. The number of carboxylic acids is 1. The first-order valence-corrected chi connectivity index (χ1v) is 5.48. The topological polar surface area (TPSA) is 102 Å². The normalized spacial score (nSPS) is 12.1. The molecule has 0 aliphatic rings. The number of hydrogen-bond acceptors (Lipinski definition) is 5. The molecule has 1 unspecified atom stereocenters. The van der Waals surface area contributed by atoms with Crippen LogP contribution in [0.25, 0.3) is 0 Å². The molecule has 2 N–H and O–H groups in total. The molecule has 1 atom stereocenters. The summed E-state index contributed by atoms with van der Waals surface area (Å²) >= 11 is 0. The van der Waals surface area contributed by atoms with Gasteiger partial charge < -0.3 is 15.0 Å². The lowest BCUT2D eigenvalue weighted by atomic mass is 10.1. The van der Waals surface area contributed by atoms with Crippen molar-refractivity contribution in [2.45, 2.75) is 6.04 Å². The number of nitrogens with zero attached hydrogens (tertiary/aromatic N) is 4. The van der Waals surface area contributed by atoms with E-state index < -0.39 is 17.6 Å². The summed E-state index contributed by atoms with van der Waals surface area (Å²) in [6.07, 6.45) is 5.91. The number of anilines is 1. The van der Waals surface area contributed by atoms with Crippen LogP contribution >= 0.6 is 0 Å². The molecular formula is C11H13N5O3. The van der Waals surface area contributed by atoms with Crippen LogP contribution in [0.3, 0.4) is 0 Å². The molecule has 0 amide bonds. The molecule has 0 spiro atoms. The first-order valence-electron chi connectivity index (χ1n) is 5.48. The van der Waals surface area contributed by atoms with Crippen LogP contribution in [0.4, 0.5) is 5.82 Å². The number of aromatic nitrogens is 4. The van der Waals surface area contributed by atoms with Gasteiger partial charge in [0.2, 0.25) is 0 Å². The monoisotopic (exact) mass is 263 g/mol. The largest absolute Gasteiger partial charge is 0.479 e. The van der Waals surface area contributed by atoms with Crippen molar-refractivity contribution in [3.05, 3.63) is 40.7 Å². The number of aliphatic carboxylic acids is 1. The zero-order valence-corrected chi connectivity index (χ0v) is 10.4. The fraction of sp³-hybridized carbons (Fsp3) is 0.273. The average molecular weight is 263 g/mol. The molecule has 0 bridgehead atoms. The van der Waals surface area contributed by atoms with E-state index in [0.29, 0.717) is 5.56 Å². The van der Waals surface area contributed by atoms with Crippen molar-refractivity contribution >= 4 is 11.8 Å². The maximum Gasteiger partial charge on any atom is 0.330 e. The number of rotatable bonds is 4.